The lowest BCUT2D eigenvalue weighted by molar-refractivity contribution is 0.238. The molecule has 2 rings (SSSR count). The molecule has 124 valence electrons. The average Bonchev–Trinajstić information content (AvgIpc) is 2.84. The minimum Gasteiger partial charge on any atom is -0.338 e. The molecule has 2 amide bonds. The summed E-state index contributed by atoms with van der Waals surface area (Å²) in [4.78, 5) is 15.8. The number of pyridine rings is 1. The number of hydrogen-bond acceptors (Lipinski definition) is 3. The Bertz CT molecular complexity index is 623. The first-order chi connectivity index (χ1) is 11.0. The molecule has 2 aromatic heterocycles. The van der Waals surface area contributed by atoms with Crippen molar-refractivity contribution in [3.63, 3.8) is 0 Å². The van der Waals surface area contributed by atoms with Crippen molar-refractivity contribution in [3.8, 4) is 0 Å². The van der Waals surface area contributed by atoms with Gasteiger partial charge in [-0.15, -0.1) is 0 Å². The molecule has 2 heterocycles. The van der Waals surface area contributed by atoms with Crippen molar-refractivity contribution in [2.75, 3.05) is 13.1 Å². The average molecular weight is 315 g/mol. The number of hydrogen-bond donors (Lipinski definition) is 2. The molecule has 0 aliphatic rings. The van der Waals surface area contributed by atoms with E-state index < -0.39 is 0 Å². The number of amides is 2. The van der Waals surface area contributed by atoms with Gasteiger partial charge in [-0.3, -0.25) is 9.67 Å². The maximum atomic E-state index is 11.8. The summed E-state index contributed by atoms with van der Waals surface area (Å²) in [5.41, 5.74) is 3.34. The van der Waals surface area contributed by atoms with Gasteiger partial charge in [0.2, 0.25) is 0 Å². The first-order valence-electron chi connectivity index (χ1n) is 7.96. The van der Waals surface area contributed by atoms with E-state index >= 15 is 0 Å². The Hall–Kier alpha value is -2.37. The first-order valence-corrected chi connectivity index (χ1v) is 7.96. The van der Waals surface area contributed by atoms with Crippen molar-refractivity contribution in [3.05, 3.63) is 47.5 Å². The zero-order valence-electron chi connectivity index (χ0n) is 14.0. The van der Waals surface area contributed by atoms with Gasteiger partial charge in [0.05, 0.1) is 5.69 Å². The molecule has 1 atom stereocenters. The summed E-state index contributed by atoms with van der Waals surface area (Å²) in [6, 6.07) is 5.84. The molecule has 0 fully saturated rings. The van der Waals surface area contributed by atoms with Crippen LogP contribution in [0.4, 0.5) is 4.79 Å². The highest BCUT2D eigenvalue weighted by Crippen LogP contribution is 2.05. The smallest absolute Gasteiger partial charge is 0.314 e. The Kier molecular flexibility index (Phi) is 6.14. The number of carbonyl (C=O) groups is 1. The molecule has 23 heavy (non-hydrogen) atoms. The third kappa shape index (κ3) is 5.73. The van der Waals surface area contributed by atoms with Crippen molar-refractivity contribution in [2.24, 2.45) is 5.92 Å². The number of carbonyl (C=O) groups excluding carboxylic acids is 1. The van der Waals surface area contributed by atoms with Gasteiger partial charge < -0.3 is 10.6 Å². The second-order valence-electron chi connectivity index (χ2n) is 5.96. The molecule has 0 saturated heterocycles. The van der Waals surface area contributed by atoms with Gasteiger partial charge >= 0.3 is 6.03 Å². The highest BCUT2D eigenvalue weighted by Gasteiger charge is 2.08. The quantitative estimate of drug-likeness (QED) is 0.821. The van der Waals surface area contributed by atoms with Crippen molar-refractivity contribution in [1.82, 2.24) is 25.4 Å². The molecule has 0 unspecified atom stereocenters. The van der Waals surface area contributed by atoms with Crippen LogP contribution in [0.5, 0.6) is 0 Å². The molecule has 0 spiro atoms. The van der Waals surface area contributed by atoms with Crippen molar-refractivity contribution in [1.29, 1.82) is 0 Å². The molecular weight excluding hydrogens is 290 g/mol. The number of nitrogens with one attached hydrogen (secondary N) is 2. The Labute approximate surface area is 137 Å². The van der Waals surface area contributed by atoms with Gasteiger partial charge in [-0.05, 0) is 49.9 Å². The van der Waals surface area contributed by atoms with E-state index in [9.17, 15) is 4.79 Å². The van der Waals surface area contributed by atoms with Crippen molar-refractivity contribution < 1.29 is 4.79 Å². The molecule has 0 saturated carbocycles. The van der Waals surface area contributed by atoms with Crippen LogP contribution in [0.25, 0.3) is 0 Å². The lowest BCUT2D eigenvalue weighted by Crippen LogP contribution is -2.39. The predicted molar refractivity (Wildman–Crippen MR) is 90.2 cm³/mol. The second-order valence-corrected chi connectivity index (χ2v) is 5.96. The fourth-order valence-electron chi connectivity index (χ4n) is 2.42. The molecule has 6 nitrogen and oxygen atoms in total. The van der Waals surface area contributed by atoms with Gasteiger partial charge in [-0.25, -0.2) is 4.79 Å². The monoisotopic (exact) mass is 315 g/mol. The molecule has 2 aromatic rings. The standard InChI is InChI=1S/C17H25N5O/c1-13(12-22-15(3)10-14(2)21-22)11-20-17(23)19-9-6-16-4-7-18-8-5-16/h4-5,7-8,10,13H,6,9,11-12H2,1-3H3,(H2,19,20,23)/t13-/m0/s1. The van der Waals surface area contributed by atoms with Gasteiger partial charge in [-0.1, -0.05) is 6.92 Å². The fraction of sp³-hybridized carbons (Fsp3) is 0.471. The normalized spacial score (nSPS) is 12.0. The third-order valence-electron chi connectivity index (χ3n) is 3.65. The van der Waals surface area contributed by atoms with Crippen LogP contribution in [0.3, 0.4) is 0 Å². The SMILES string of the molecule is Cc1cc(C)n(C[C@@H](C)CNC(=O)NCCc2ccncc2)n1. The minimum absolute atomic E-state index is 0.126. The van der Waals surface area contributed by atoms with E-state index in [1.54, 1.807) is 12.4 Å². The topological polar surface area (TPSA) is 71.8 Å². The Balaban J connectivity index is 1.64. The zero-order valence-corrected chi connectivity index (χ0v) is 14.0. The lowest BCUT2D eigenvalue weighted by atomic mass is 10.2. The van der Waals surface area contributed by atoms with Gasteiger partial charge in [0, 0.05) is 37.7 Å². The van der Waals surface area contributed by atoms with E-state index in [1.807, 2.05) is 30.7 Å². The van der Waals surface area contributed by atoms with Crippen LogP contribution in [-0.4, -0.2) is 33.9 Å². The van der Waals surface area contributed by atoms with E-state index in [-0.39, 0.29) is 6.03 Å². The van der Waals surface area contributed by atoms with E-state index in [1.165, 1.54) is 0 Å². The number of nitrogens with zero attached hydrogens (tertiary/aromatic N) is 3. The lowest BCUT2D eigenvalue weighted by Gasteiger charge is -2.14. The van der Waals surface area contributed by atoms with E-state index in [2.05, 4.69) is 33.7 Å². The van der Waals surface area contributed by atoms with Crippen molar-refractivity contribution >= 4 is 6.03 Å². The maximum absolute atomic E-state index is 11.8. The molecule has 0 aliphatic carbocycles. The fourth-order valence-corrected chi connectivity index (χ4v) is 2.42. The Morgan fingerprint density at radius 3 is 2.65 bits per heavy atom. The van der Waals surface area contributed by atoms with Crippen LogP contribution in [0.2, 0.25) is 0 Å². The van der Waals surface area contributed by atoms with Gasteiger partial charge in [0.1, 0.15) is 0 Å². The highest BCUT2D eigenvalue weighted by molar-refractivity contribution is 5.73. The molecule has 0 radical (unpaired) electrons. The van der Waals surface area contributed by atoms with Crippen LogP contribution in [0, 0.1) is 19.8 Å². The molecule has 0 aliphatic heterocycles. The summed E-state index contributed by atoms with van der Waals surface area (Å²) in [7, 11) is 0. The Morgan fingerprint density at radius 1 is 1.26 bits per heavy atom. The second kappa shape index (κ2) is 8.31. The highest BCUT2D eigenvalue weighted by atomic mass is 16.2. The molecule has 0 aromatic carbocycles. The summed E-state index contributed by atoms with van der Waals surface area (Å²) in [6.45, 7) is 8.18. The maximum Gasteiger partial charge on any atom is 0.314 e. The van der Waals surface area contributed by atoms with Crippen LogP contribution in [-0.2, 0) is 13.0 Å². The van der Waals surface area contributed by atoms with Crippen LogP contribution < -0.4 is 10.6 Å². The third-order valence-corrected chi connectivity index (χ3v) is 3.65. The van der Waals surface area contributed by atoms with Crippen LogP contribution >= 0.6 is 0 Å². The van der Waals surface area contributed by atoms with E-state index in [4.69, 9.17) is 0 Å². The molecular formula is C17H25N5O. The Morgan fingerprint density at radius 2 is 2.00 bits per heavy atom. The van der Waals surface area contributed by atoms with Gasteiger partial charge in [0.15, 0.2) is 0 Å². The summed E-state index contributed by atoms with van der Waals surface area (Å²) >= 11 is 0. The summed E-state index contributed by atoms with van der Waals surface area (Å²) in [5, 5.41) is 10.2. The predicted octanol–water partition coefficient (Wildman–Crippen LogP) is 2.07. The largest absolute Gasteiger partial charge is 0.338 e. The van der Waals surface area contributed by atoms with Gasteiger partial charge in [0.25, 0.3) is 0 Å². The number of rotatable bonds is 7. The number of urea groups is 1. The summed E-state index contributed by atoms with van der Waals surface area (Å²) < 4.78 is 1.99. The van der Waals surface area contributed by atoms with Gasteiger partial charge in [-0.2, -0.15) is 5.10 Å². The molecule has 6 heteroatoms. The molecule has 2 N–H and O–H groups in total. The first kappa shape index (κ1) is 17.0. The van der Waals surface area contributed by atoms with Crippen molar-refractivity contribution in [2.45, 2.75) is 33.7 Å². The van der Waals surface area contributed by atoms with E-state index in [0.717, 1.165) is 29.9 Å². The minimum atomic E-state index is -0.126. The van der Waals surface area contributed by atoms with E-state index in [0.29, 0.717) is 19.0 Å². The van der Waals surface area contributed by atoms with Crippen LogP contribution in [0.15, 0.2) is 30.6 Å². The number of aryl methyl sites for hydroxylation is 2. The number of aromatic nitrogens is 3. The summed E-state index contributed by atoms with van der Waals surface area (Å²) in [6.07, 6.45) is 4.32. The molecule has 0 bridgehead atoms. The zero-order chi connectivity index (χ0) is 16.7. The van der Waals surface area contributed by atoms with Crippen LogP contribution in [0.1, 0.15) is 23.9 Å². The summed E-state index contributed by atoms with van der Waals surface area (Å²) in [5.74, 6) is 0.318.